The summed E-state index contributed by atoms with van der Waals surface area (Å²) in [6.07, 6.45) is 1.16. The molecule has 90 valence electrons. The molecule has 1 aliphatic rings. The van der Waals surface area contributed by atoms with Crippen LogP contribution in [0.3, 0.4) is 0 Å². The van der Waals surface area contributed by atoms with E-state index in [1.807, 2.05) is 0 Å². The van der Waals surface area contributed by atoms with Crippen LogP contribution in [0.15, 0.2) is 0 Å². The van der Waals surface area contributed by atoms with Crippen molar-refractivity contribution in [3.63, 3.8) is 0 Å². The molecular weight excluding hydrogens is 192 g/mol. The van der Waals surface area contributed by atoms with Crippen LogP contribution < -0.4 is 0 Å². The first kappa shape index (κ1) is 12.9. The molecule has 1 fully saturated rings. The second kappa shape index (κ2) is 6.43. The summed E-state index contributed by atoms with van der Waals surface area (Å²) in [6, 6.07) is 0.863. The predicted molar refractivity (Wildman–Crippen MR) is 61.0 cm³/mol. The fraction of sp³-hybridized carbons (Fsp3) is 1.00. The molecule has 1 aliphatic heterocycles. The van der Waals surface area contributed by atoms with Gasteiger partial charge in [0.05, 0.1) is 13.2 Å². The van der Waals surface area contributed by atoms with Crippen molar-refractivity contribution >= 4 is 0 Å². The van der Waals surface area contributed by atoms with Gasteiger partial charge in [-0.1, -0.05) is 0 Å². The highest BCUT2D eigenvalue weighted by atomic mass is 16.5. The molecule has 15 heavy (non-hydrogen) atoms. The summed E-state index contributed by atoms with van der Waals surface area (Å²) in [5.41, 5.74) is 0. The Kier molecular flexibility index (Phi) is 5.53. The van der Waals surface area contributed by atoms with E-state index in [2.05, 4.69) is 23.8 Å². The maximum atomic E-state index is 9.38. The van der Waals surface area contributed by atoms with Gasteiger partial charge in [0, 0.05) is 38.8 Å². The van der Waals surface area contributed by atoms with Crippen LogP contribution in [0.4, 0.5) is 0 Å². The highest BCUT2D eigenvalue weighted by Crippen LogP contribution is 2.13. The molecule has 0 amide bonds. The minimum atomic E-state index is 0.237. The maximum Gasteiger partial charge on any atom is 0.0599 e. The Hall–Kier alpha value is -0.160. The van der Waals surface area contributed by atoms with Crippen LogP contribution in [0.1, 0.15) is 13.3 Å². The summed E-state index contributed by atoms with van der Waals surface area (Å²) in [5.74, 6) is 0. The van der Waals surface area contributed by atoms with Crippen molar-refractivity contribution in [1.29, 1.82) is 0 Å². The summed E-state index contributed by atoms with van der Waals surface area (Å²) in [5, 5.41) is 9.38. The van der Waals surface area contributed by atoms with Crippen LogP contribution in [0.2, 0.25) is 0 Å². The number of hydrogen-bond acceptors (Lipinski definition) is 4. The fourth-order valence-corrected chi connectivity index (χ4v) is 2.06. The average molecular weight is 216 g/mol. The number of rotatable bonds is 4. The van der Waals surface area contributed by atoms with Crippen molar-refractivity contribution in [2.75, 3.05) is 47.0 Å². The van der Waals surface area contributed by atoms with Crippen molar-refractivity contribution in [3.05, 3.63) is 0 Å². The minimum absolute atomic E-state index is 0.237. The summed E-state index contributed by atoms with van der Waals surface area (Å²) < 4.78 is 5.09. The number of likely N-dealkylation sites (N-methyl/N-ethyl adjacent to an activating group) is 1. The van der Waals surface area contributed by atoms with E-state index in [9.17, 15) is 5.11 Å². The normalized spacial score (nSPS) is 30.4. The zero-order chi connectivity index (χ0) is 11.3. The van der Waals surface area contributed by atoms with Gasteiger partial charge < -0.3 is 14.7 Å². The smallest absolute Gasteiger partial charge is 0.0599 e. The molecule has 0 aromatic carbocycles. The molecule has 0 radical (unpaired) electrons. The number of hydrogen-bond donors (Lipinski definition) is 1. The van der Waals surface area contributed by atoms with E-state index in [0.29, 0.717) is 6.04 Å². The van der Waals surface area contributed by atoms with Gasteiger partial charge in [0.2, 0.25) is 0 Å². The number of methoxy groups -OCH3 is 1. The van der Waals surface area contributed by atoms with Crippen LogP contribution in [0.5, 0.6) is 0 Å². The van der Waals surface area contributed by atoms with E-state index in [1.165, 1.54) is 0 Å². The zero-order valence-electron chi connectivity index (χ0n) is 10.1. The Bertz CT molecular complexity index is 178. The lowest BCUT2D eigenvalue weighted by Crippen LogP contribution is -2.44. The predicted octanol–water partition coefficient (Wildman–Crippen LogP) is 0.0197. The Morgan fingerprint density at radius 1 is 1.47 bits per heavy atom. The summed E-state index contributed by atoms with van der Waals surface area (Å²) in [7, 11) is 3.85. The summed E-state index contributed by atoms with van der Waals surface area (Å²) in [6.45, 7) is 6.15. The molecule has 4 heteroatoms. The Labute approximate surface area is 92.8 Å². The Morgan fingerprint density at radius 3 is 2.80 bits per heavy atom. The molecule has 0 aromatic rings. The van der Waals surface area contributed by atoms with Crippen molar-refractivity contribution in [2.45, 2.75) is 25.4 Å². The molecule has 0 spiro atoms. The fourth-order valence-electron chi connectivity index (χ4n) is 2.06. The SMILES string of the molecule is COCCN1CCC(C)N(C)CC1CO. The second-order valence-corrected chi connectivity index (χ2v) is 4.44. The number of aliphatic hydroxyl groups is 1. The van der Waals surface area contributed by atoms with E-state index in [1.54, 1.807) is 7.11 Å². The van der Waals surface area contributed by atoms with E-state index in [-0.39, 0.29) is 12.6 Å². The first-order chi connectivity index (χ1) is 7.19. The molecular formula is C11H24N2O2. The number of ether oxygens (including phenoxy) is 1. The van der Waals surface area contributed by atoms with E-state index in [4.69, 9.17) is 4.74 Å². The van der Waals surface area contributed by atoms with Crippen molar-refractivity contribution in [1.82, 2.24) is 9.80 Å². The average Bonchev–Trinajstić information content (AvgIpc) is 2.37. The van der Waals surface area contributed by atoms with Gasteiger partial charge in [0.15, 0.2) is 0 Å². The second-order valence-electron chi connectivity index (χ2n) is 4.44. The van der Waals surface area contributed by atoms with Crippen molar-refractivity contribution in [3.8, 4) is 0 Å². The molecule has 0 bridgehead atoms. The molecule has 1 N–H and O–H groups in total. The lowest BCUT2D eigenvalue weighted by atomic mass is 10.2. The summed E-state index contributed by atoms with van der Waals surface area (Å²) >= 11 is 0. The minimum Gasteiger partial charge on any atom is -0.395 e. The van der Waals surface area contributed by atoms with Gasteiger partial charge in [-0.15, -0.1) is 0 Å². The van der Waals surface area contributed by atoms with Gasteiger partial charge in [0.1, 0.15) is 0 Å². The zero-order valence-corrected chi connectivity index (χ0v) is 10.1. The third kappa shape index (κ3) is 3.72. The highest BCUT2D eigenvalue weighted by molar-refractivity contribution is 4.81. The third-order valence-corrected chi connectivity index (χ3v) is 3.40. The van der Waals surface area contributed by atoms with Crippen molar-refractivity contribution < 1.29 is 9.84 Å². The van der Waals surface area contributed by atoms with Crippen LogP contribution >= 0.6 is 0 Å². The van der Waals surface area contributed by atoms with Crippen LogP contribution in [-0.4, -0.2) is 74.0 Å². The lowest BCUT2D eigenvalue weighted by molar-refractivity contribution is 0.0841. The molecule has 0 saturated carbocycles. The van der Waals surface area contributed by atoms with E-state index < -0.39 is 0 Å². The summed E-state index contributed by atoms with van der Waals surface area (Å²) in [4.78, 5) is 4.66. The molecule has 2 unspecified atom stereocenters. The molecule has 4 nitrogen and oxygen atoms in total. The van der Waals surface area contributed by atoms with Gasteiger partial charge in [-0.3, -0.25) is 4.90 Å². The van der Waals surface area contributed by atoms with E-state index in [0.717, 1.165) is 32.7 Å². The third-order valence-electron chi connectivity index (χ3n) is 3.40. The maximum absolute atomic E-state index is 9.38. The first-order valence-corrected chi connectivity index (χ1v) is 5.73. The van der Waals surface area contributed by atoms with E-state index >= 15 is 0 Å². The van der Waals surface area contributed by atoms with Gasteiger partial charge >= 0.3 is 0 Å². The molecule has 1 rings (SSSR count). The Balaban J connectivity index is 2.52. The van der Waals surface area contributed by atoms with Crippen LogP contribution in [0, 0.1) is 0 Å². The standard InChI is InChI=1S/C11H24N2O2/c1-10-4-5-13(6-7-15-3)11(9-14)8-12(10)2/h10-11,14H,4-9H2,1-3H3. The van der Waals surface area contributed by atoms with Gasteiger partial charge in [0.25, 0.3) is 0 Å². The van der Waals surface area contributed by atoms with Gasteiger partial charge in [-0.25, -0.2) is 0 Å². The molecule has 1 saturated heterocycles. The quantitative estimate of drug-likeness (QED) is 0.719. The molecule has 1 heterocycles. The van der Waals surface area contributed by atoms with Crippen molar-refractivity contribution in [2.24, 2.45) is 0 Å². The highest BCUT2D eigenvalue weighted by Gasteiger charge is 2.25. The first-order valence-electron chi connectivity index (χ1n) is 5.73. The molecule has 2 atom stereocenters. The van der Waals surface area contributed by atoms with Gasteiger partial charge in [-0.2, -0.15) is 0 Å². The lowest BCUT2D eigenvalue weighted by Gasteiger charge is -2.29. The topological polar surface area (TPSA) is 35.9 Å². The van der Waals surface area contributed by atoms with Crippen LogP contribution in [-0.2, 0) is 4.74 Å². The Morgan fingerprint density at radius 2 is 2.20 bits per heavy atom. The molecule has 0 aliphatic carbocycles. The van der Waals surface area contributed by atoms with Gasteiger partial charge in [-0.05, 0) is 20.4 Å². The number of nitrogens with zero attached hydrogens (tertiary/aromatic N) is 2. The largest absolute Gasteiger partial charge is 0.395 e. The number of aliphatic hydroxyl groups excluding tert-OH is 1. The molecule has 0 aromatic heterocycles. The van der Waals surface area contributed by atoms with Crippen LogP contribution in [0.25, 0.3) is 0 Å². The monoisotopic (exact) mass is 216 g/mol.